The standard InChI is InChI=1S/C25H16I2N2O6/c26-19-11-15(12-20(27)21(19)35-13-14-6-8-16(9-7-14)24(32)33)10-18-22(30)28-25(34)29(23(18)31)17-4-2-1-3-5-17/h1-12H,13H2,(H,32,33)(H,28,30,34)/b18-10-. The molecule has 0 aromatic heterocycles. The molecule has 0 unspecified atom stereocenters. The molecule has 1 saturated heterocycles. The maximum Gasteiger partial charge on any atom is 0.335 e. The number of nitrogens with zero attached hydrogens (tertiary/aromatic N) is 1. The fraction of sp³-hybridized carbons (Fsp3) is 0.0400. The van der Waals surface area contributed by atoms with E-state index in [1.807, 2.05) is 0 Å². The van der Waals surface area contributed by atoms with Gasteiger partial charge < -0.3 is 9.84 Å². The van der Waals surface area contributed by atoms with Crippen LogP contribution < -0.4 is 15.0 Å². The molecule has 0 spiro atoms. The number of imide groups is 2. The van der Waals surface area contributed by atoms with Crippen molar-refractivity contribution in [3.8, 4) is 5.75 Å². The Balaban J connectivity index is 1.56. The lowest BCUT2D eigenvalue weighted by Crippen LogP contribution is -2.54. The van der Waals surface area contributed by atoms with E-state index in [0.717, 1.165) is 17.6 Å². The lowest BCUT2D eigenvalue weighted by molar-refractivity contribution is -0.122. The zero-order chi connectivity index (χ0) is 25.1. The molecule has 8 nitrogen and oxygen atoms in total. The van der Waals surface area contributed by atoms with Crippen molar-refractivity contribution in [3.63, 3.8) is 0 Å². The van der Waals surface area contributed by atoms with Crippen LogP contribution in [0.15, 0.2) is 72.3 Å². The number of carbonyl (C=O) groups excluding carboxylic acids is 3. The Bertz CT molecular complexity index is 1350. The minimum Gasteiger partial charge on any atom is -0.487 e. The highest BCUT2D eigenvalue weighted by Gasteiger charge is 2.36. The van der Waals surface area contributed by atoms with Gasteiger partial charge in [-0.3, -0.25) is 14.9 Å². The number of carboxylic acid groups (broad SMARTS) is 1. The first kappa shape index (κ1) is 24.9. The number of amides is 4. The Morgan fingerprint density at radius 1 is 0.971 bits per heavy atom. The summed E-state index contributed by atoms with van der Waals surface area (Å²) in [7, 11) is 0. The molecule has 176 valence electrons. The quantitative estimate of drug-likeness (QED) is 0.217. The number of hydrogen-bond acceptors (Lipinski definition) is 5. The Morgan fingerprint density at radius 2 is 1.60 bits per heavy atom. The summed E-state index contributed by atoms with van der Waals surface area (Å²) < 4.78 is 7.45. The number of aromatic carboxylic acids is 1. The van der Waals surface area contributed by atoms with Gasteiger partial charge in [-0.15, -0.1) is 0 Å². The van der Waals surface area contributed by atoms with E-state index in [9.17, 15) is 19.2 Å². The van der Waals surface area contributed by atoms with Gasteiger partial charge in [0.25, 0.3) is 11.8 Å². The Labute approximate surface area is 227 Å². The predicted molar refractivity (Wildman–Crippen MR) is 145 cm³/mol. The van der Waals surface area contributed by atoms with Gasteiger partial charge >= 0.3 is 12.0 Å². The minimum absolute atomic E-state index is 0.160. The molecule has 1 aliphatic rings. The Morgan fingerprint density at radius 3 is 2.20 bits per heavy atom. The fourth-order valence-electron chi connectivity index (χ4n) is 3.34. The molecule has 3 aromatic carbocycles. The van der Waals surface area contributed by atoms with E-state index < -0.39 is 23.8 Å². The first-order valence-electron chi connectivity index (χ1n) is 10.1. The van der Waals surface area contributed by atoms with Gasteiger partial charge in [0.05, 0.1) is 18.4 Å². The SMILES string of the molecule is O=C1NC(=O)N(c2ccccc2)C(=O)/C1=C\c1cc(I)c(OCc2ccc(C(=O)O)cc2)c(I)c1. The highest BCUT2D eigenvalue weighted by Crippen LogP contribution is 2.31. The highest BCUT2D eigenvalue weighted by atomic mass is 127. The summed E-state index contributed by atoms with van der Waals surface area (Å²) in [6.45, 7) is 0.237. The van der Waals surface area contributed by atoms with Crippen LogP contribution in [0.25, 0.3) is 6.08 Å². The van der Waals surface area contributed by atoms with Crippen molar-refractivity contribution in [2.45, 2.75) is 6.61 Å². The van der Waals surface area contributed by atoms with Gasteiger partial charge in [-0.1, -0.05) is 30.3 Å². The lowest BCUT2D eigenvalue weighted by atomic mass is 10.1. The number of barbiturate groups is 1. The van der Waals surface area contributed by atoms with Crippen molar-refractivity contribution in [2.24, 2.45) is 0 Å². The summed E-state index contributed by atoms with van der Waals surface area (Å²) in [6.07, 6.45) is 1.44. The lowest BCUT2D eigenvalue weighted by Gasteiger charge is -2.26. The van der Waals surface area contributed by atoms with Crippen LogP contribution in [0.3, 0.4) is 0 Å². The van der Waals surface area contributed by atoms with Crippen LogP contribution in [-0.2, 0) is 16.2 Å². The number of benzene rings is 3. The number of carbonyl (C=O) groups is 4. The molecule has 0 radical (unpaired) electrons. The second kappa shape index (κ2) is 10.6. The number of anilines is 1. The van der Waals surface area contributed by atoms with E-state index >= 15 is 0 Å². The molecule has 35 heavy (non-hydrogen) atoms. The van der Waals surface area contributed by atoms with Gasteiger partial charge in [0.15, 0.2) is 0 Å². The first-order chi connectivity index (χ1) is 16.7. The van der Waals surface area contributed by atoms with Crippen LogP contribution in [0.5, 0.6) is 5.75 Å². The summed E-state index contributed by atoms with van der Waals surface area (Å²) in [5.41, 5.74) is 1.80. The van der Waals surface area contributed by atoms with Crippen molar-refractivity contribution in [1.82, 2.24) is 5.32 Å². The molecule has 1 heterocycles. The maximum absolute atomic E-state index is 13.0. The monoisotopic (exact) mass is 694 g/mol. The van der Waals surface area contributed by atoms with Crippen LogP contribution in [0.1, 0.15) is 21.5 Å². The van der Waals surface area contributed by atoms with Crippen LogP contribution in [0, 0.1) is 7.14 Å². The molecule has 1 fully saturated rings. The van der Waals surface area contributed by atoms with Crippen LogP contribution in [-0.4, -0.2) is 28.9 Å². The van der Waals surface area contributed by atoms with Crippen molar-refractivity contribution in [2.75, 3.05) is 4.90 Å². The predicted octanol–water partition coefficient (Wildman–Crippen LogP) is 4.84. The average molecular weight is 694 g/mol. The van der Waals surface area contributed by atoms with Gasteiger partial charge in [0.2, 0.25) is 0 Å². The summed E-state index contributed by atoms with van der Waals surface area (Å²) in [5, 5.41) is 11.2. The minimum atomic E-state index is -0.993. The third kappa shape index (κ3) is 5.53. The number of hydrogen-bond donors (Lipinski definition) is 2. The van der Waals surface area contributed by atoms with E-state index in [1.54, 1.807) is 54.6 Å². The van der Waals surface area contributed by atoms with Gasteiger partial charge in [-0.2, -0.15) is 0 Å². The second-order valence-electron chi connectivity index (χ2n) is 7.40. The molecule has 0 atom stereocenters. The number of urea groups is 1. The summed E-state index contributed by atoms with van der Waals surface area (Å²) >= 11 is 4.21. The number of nitrogens with one attached hydrogen (secondary N) is 1. The smallest absolute Gasteiger partial charge is 0.335 e. The molecular formula is C25H16I2N2O6. The topological polar surface area (TPSA) is 113 Å². The molecule has 3 aromatic rings. The van der Waals surface area contributed by atoms with Gasteiger partial charge in [0, 0.05) is 0 Å². The number of rotatable bonds is 6. The molecule has 4 amide bonds. The van der Waals surface area contributed by atoms with Crippen molar-refractivity contribution >= 4 is 80.8 Å². The summed E-state index contributed by atoms with van der Waals surface area (Å²) in [4.78, 5) is 49.7. The maximum atomic E-state index is 13.0. The zero-order valence-electron chi connectivity index (χ0n) is 17.8. The summed E-state index contributed by atoms with van der Waals surface area (Å²) in [5.74, 6) is -1.84. The van der Waals surface area contributed by atoms with Gasteiger partial charge in [-0.05, 0) is 98.8 Å². The second-order valence-corrected chi connectivity index (χ2v) is 9.72. The molecule has 2 N–H and O–H groups in total. The molecule has 0 aliphatic carbocycles. The largest absolute Gasteiger partial charge is 0.487 e. The van der Waals surface area contributed by atoms with Gasteiger partial charge in [-0.25, -0.2) is 14.5 Å². The van der Waals surface area contributed by atoms with E-state index in [2.05, 4.69) is 50.5 Å². The summed E-state index contributed by atoms with van der Waals surface area (Å²) in [6, 6.07) is 17.5. The fourth-order valence-corrected chi connectivity index (χ4v) is 5.46. The molecule has 1 aliphatic heterocycles. The molecule has 10 heteroatoms. The normalized spacial score (nSPS) is 14.7. The molecular weight excluding hydrogens is 678 g/mol. The molecule has 4 rings (SSSR count). The Hall–Kier alpha value is -3.26. The molecule has 0 saturated carbocycles. The van der Waals surface area contributed by atoms with Crippen LogP contribution in [0.2, 0.25) is 0 Å². The zero-order valence-corrected chi connectivity index (χ0v) is 22.1. The number of ether oxygens (including phenoxy) is 1. The average Bonchev–Trinajstić information content (AvgIpc) is 2.82. The third-order valence-electron chi connectivity index (χ3n) is 5.03. The van der Waals surface area contributed by atoms with E-state index in [-0.39, 0.29) is 17.7 Å². The van der Waals surface area contributed by atoms with E-state index in [1.165, 1.54) is 18.2 Å². The van der Waals surface area contributed by atoms with E-state index in [0.29, 0.717) is 17.0 Å². The number of halogens is 2. The number of para-hydroxylation sites is 1. The van der Waals surface area contributed by atoms with Gasteiger partial charge in [0.1, 0.15) is 17.9 Å². The van der Waals surface area contributed by atoms with Crippen molar-refractivity contribution in [3.05, 3.63) is 96.1 Å². The van der Waals surface area contributed by atoms with E-state index in [4.69, 9.17) is 9.84 Å². The number of carboxylic acids is 1. The van der Waals surface area contributed by atoms with Crippen molar-refractivity contribution < 1.29 is 29.0 Å². The highest BCUT2D eigenvalue weighted by molar-refractivity contribution is 14.1. The third-order valence-corrected chi connectivity index (χ3v) is 6.63. The van der Waals surface area contributed by atoms with Crippen LogP contribution >= 0.6 is 45.2 Å². The Kier molecular flexibility index (Phi) is 7.50. The molecule has 0 bridgehead atoms. The van der Waals surface area contributed by atoms with Crippen LogP contribution in [0.4, 0.5) is 10.5 Å². The first-order valence-corrected chi connectivity index (χ1v) is 12.3. The van der Waals surface area contributed by atoms with Crippen molar-refractivity contribution in [1.29, 1.82) is 0 Å².